The molecule has 96 valence electrons. The number of amides is 1. The SMILES string of the molecule is CC(C)CC(=O)N1CCN(C(C)(C)C#N)CC1. The molecule has 0 aromatic rings. The number of nitriles is 1. The fraction of sp³-hybridized carbons (Fsp3) is 0.846. The van der Waals surface area contributed by atoms with E-state index in [4.69, 9.17) is 5.26 Å². The summed E-state index contributed by atoms with van der Waals surface area (Å²) in [5, 5.41) is 9.07. The van der Waals surface area contributed by atoms with Gasteiger partial charge in [0.05, 0.1) is 6.07 Å². The molecule has 1 aliphatic rings. The van der Waals surface area contributed by atoms with E-state index in [1.807, 2.05) is 18.7 Å². The van der Waals surface area contributed by atoms with E-state index < -0.39 is 5.54 Å². The number of carbonyl (C=O) groups is 1. The first-order valence-corrected chi connectivity index (χ1v) is 6.31. The summed E-state index contributed by atoms with van der Waals surface area (Å²) < 4.78 is 0. The molecule has 17 heavy (non-hydrogen) atoms. The number of hydrogen-bond acceptors (Lipinski definition) is 3. The van der Waals surface area contributed by atoms with Crippen molar-refractivity contribution in [3.63, 3.8) is 0 Å². The van der Waals surface area contributed by atoms with E-state index in [2.05, 4.69) is 24.8 Å². The van der Waals surface area contributed by atoms with Crippen LogP contribution in [0.2, 0.25) is 0 Å². The number of rotatable bonds is 3. The Bertz CT molecular complexity index is 309. The topological polar surface area (TPSA) is 47.3 Å². The molecule has 0 aromatic carbocycles. The van der Waals surface area contributed by atoms with Gasteiger partial charge in [-0.15, -0.1) is 0 Å². The van der Waals surface area contributed by atoms with Crippen LogP contribution in [-0.2, 0) is 4.79 Å². The van der Waals surface area contributed by atoms with E-state index in [0.717, 1.165) is 26.2 Å². The summed E-state index contributed by atoms with van der Waals surface area (Å²) in [6, 6.07) is 2.31. The molecule has 0 spiro atoms. The van der Waals surface area contributed by atoms with Crippen molar-refractivity contribution in [2.45, 2.75) is 39.7 Å². The minimum absolute atomic E-state index is 0.245. The Balaban J connectivity index is 2.47. The lowest BCUT2D eigenvalue weighted by molar-refractivity contribution is -0.134. The van der Waals surface area contributed by atoms with Gasteiger partial charge < -0.3 is 4.90 Å². The maximum absolute atomic E-state index is 11.9. The van der Waals surface area contributed by atoms with E-state index >= 15 is 0 Å². The number of hydrogen-bond donors (Lipinski definition) is 0. The van der Waals surface area contributed by atoms with Gasteiger partial charge in [0.15, 0.2) is 0 Å². The number of piperazine rings is 1. The standard InChI is InChI=1S/C13H23N3O/c1-11(2)9-12(17)15-5-7-16(8-6-15)13(3,4)10-14/h11H,5-9H2,1-4H3. The van der Waals surface area contributed by atoms with Crippen molar-refractivity contribution in [2.24, 2.45) is 5.92 Å². The fourth-order valence-electron chi connectivity index (χ4n) is 2.06. The molecule has 1 saturated heterocycles. The van der Waals surface area contributed by atoms with E-state index in [0.29, 0.717) is 12.3 Å². The third-order valence-corrected chi connectivity index (χ3v) is 3.28. The molecule has 1 fully saturated rings. The predicted molar refractivity (Wildman–Crippen MR) is 67.3 cm³/mol. The molecule has 1 aliphatic heterocycles. The summed E-state index contributed by atoms with van der Waals surface area (Å²) in [4.78, 5) is 15.9. The lowest BCUT2D eigenvalue weighted by atomic mass is 10.0. The van der Waals surface area contributed by atoms with Crippen molar-refractivity contribution in [1.82, 2.24) is 9.80 Å². The summed E-state index contributed by atoms with van der Waals surface area (Å²) in [6.45, 7) is 11.1. The summed E-state index contributed by atoms with van der Waals surface area (Å²) in [5.41, 5.74) is -0.423. The molecule has 4 nitrogen and oxygen atoms in total. The van der Waals surface area contributed by atoms with Crippen LogP contribution < -0.4 is 0 Å². The molecule has 0 radical (unpaired) electrons. The maximum atomic E-state index is 11.9. The van der Waals surface area contributed by atoms with Gasteiger partial charge in [-0.2, -0.15) is 5.26 Å². The minimum Gasteiger partial charge on any atom is -0.340 e. The van der Waals surface area contributed by atoms with Crippen LogP contribution >= 0.6 is 0 Å². The Morgan fingerprint density at radius 3 is 2.24 bits per heavy atom. The summed E-state index contributed by atoms with van der Waals surface area (Å²) in [5.74, 6) is 0.658. The first kappa shape index (κ1) is 14.0. The third-order valence-electron chi connectivity index (χ3n) is 3.28. The summed E-state index contributed by atoms with van der Waals surface area (Å²) in [7, 11) is 0. The highest BCUT2D eigenvalue weighted by atomic mass is 16.2. The van der Waals surface area contributed by atoms with Crippen LogP contribution in [0.1, 0.15) is 34.1 Å². The largest absolute Gasteiger partial charge is 0.340 e. The van der Waals surface area contributed by atoms with Crippen LogP contribution in [0.5, 0.6) is 0 Å². The highest BCUT2D eigenvalue weighted by Gasteiger charge is 2.30. The minimum atomic E-state index is -0.423. The lowest BCUT2D eigenvalue weighted by Crippen LogP contribution is -2.55. The quantitative estimate of drug-likeness (QED) is 0.747. The second-order valence-corrected chi connectivity index (χ2v) is 5.64. The van der Waals surface area contributed by atoms with E-state index in [1.165, 1.54) is 0 Å². The predicted octanol–water partition coefficient (Wildman–Crippen LogP) is 1.48. The Morgan fingerprint density at radius 2 is 1.82 bits per heavy atom. The van der Waals surface area contributed by atoms with Crippen LogP contribution in [0.3, 0.4) is 0 Å². The second kappa shape index (κ2) is 5.50. The van der Waals surface area contributed by atoms with Gasteiger partial charge in [0.25, 0.3) is 0 Å². The molecular weight excluding hydrogens is 214 g/mol. The Hall–Kier alpha value is -1.08. The third kappa shape index (κ3) is 3.71. The van der Waals surface area contributed by atoms with Crippen molar-refractivity contribution in [1.29, 1.82) is 5.26 Å². The summed E-state index contributed by atoms with van der Waals surface area (Å²) >= 11 is 0. The molecule has 0 N–H and O–H groups in total. The van der Waals surface area contributed by atoms with E-state index in [-0.39, 0.29) is 5.91 Å². The van der Waals surface area contributed by atoms with Gasteiger partial charge in [0.2, 0.25) is 5.91 Å². The molecule has 0 bridgehead atoms. The molecule has 0 unspecified atom stereocenters. The zero-order chi connectivity index (χ0) is 13.1. The zero-order valence-corrected chi connectivity index (χ0v) is 11.4. The molecule has 1 heterocycles. The normalized spacial score (nSPS) is 18.2. The summed E-state index contributed by atoms with van der Waals surface area (Å²) in [6.07, 6.45) is 0.627. The Morgan fingerprint density at radius 1 is 1.29 bits per heavy atom. The Kier molecular flexibility index (Phi) is 4.53. The Labute approximate surface area is 104 Å². The second-order valence-electron chi connectivity index (χ2n) is 5.64. The van der Waals surface area contributed by atoms with Crippen molar-refractivity contribution in [3.8, 4) is 6.07 Å². The van der Waals surface area contributed by atoms with Crippen LogP contribution in [0.15, 0.2) is 0 Å². The molecule has 0 aliphatic carbocycles. The molecular formula is C13H23N3O. The molecule has 0 saturated carbocycles. The average molecular weight is 237 g/mol. The van der Waals surface area contributed by atoms with Gasteiger partial charge >= 0.3 is 0 Å². The van der Waals surface area contributed by atoms with E-state index in [9.17, 15) is 4.79 Å². The zero-order valence-electron chi connectivity index (χ0n) is 11.4. The lowest BCUT2D eigenvalue weighted by Gasteiger charge is -2.40. The van der Waals surface area contributed by atoms with Gasteiger partial charge in [0.1, 0.15) is 5.54 Å². The van der Waals surface area contributed by atoms with Crippen molar-refractivity contribution < 1.29 is 4.79 Å². The van der Waals surface area contributed by atoms with Crippen LogP contribution in [0.25, 0.3) is 0 Å². The first-order valence-electron chi connectivity index (χ1n) is 6.31. The van der Waals surface area contributed by atoms with Gasteiger partial charge in [-0.05, 0) is 19.8 Å². The fourth-order valence-corrected chi connectivity index (χ4v) is 2.06. The molecule has 0 aromatic heterocycles. The average Bonchev–Trinajstić information content (AvgIpc) is 2.28. The molecule has 4 heteroatoms. The van der Waals surface area contributed by atoms with Crippen molar-refractivity contribution >= 4 is 5.91 Å². The van der Waals surface area contributed by atoms with Crippen LogP contribution in [0, 0.1) is 17.2 Å². The van der Waals surface area contributed by atoms with Crippen molar-refractivity contribution in [2.75, 3.05) is 26.2 Å². The first-order chi connectivity index (χ1) is 7.86. The number of carbonyl (C=O) groups excluding carboxylic acids is 1. The van der Waals surface area contributed by atoms with Gasteiger partial charge in [-0.1, -0.05) is 13.8 Å². The highest BCUT2D eigenvalue weighted by molar-refractivity contribution is 5.76. The van der Waals surface area contributed by atoms with Crippen molar-refractivity contribution in [3.05, 3.63) is 0 Å². The van der Waals surface area contributed by atoms with Gasteiger partial charge in [0, 0.05) is 32.6 Å². The maximum Gasteiger partial charge on any atom is 0.222 e. The highest BCUT2D eigenvalue weighted by Crippen LogP contribution is 2.16. The molecule has 1 rings (SSSR count). The van der Waals surface area contributed by atoms with Crippen LogP contribution in [-0.4, -0.2) is 47.4 Å². The van der Waals surface area contributed by atoms with Crippen LogP contribution in [0.4, 0.5) is 0 Å². The monoisotopic (exact) mass is 237 g/mol. The smallest absolute Gasteiger partial charge is 0.222 e. The molecule has 1 amide bonds. The molecule has 0 atom stereocenters. The number of nitrogens with zero attached hydrogens (tertiary/aromatic N) is 3. The van der Waals surface area contributed by atoms with Gasteiger partial charge in [-0.3, -0.25) is 9.69 Å². The van der Waals surface area contributed by atoms with Gasteiger partial charge in [-0.25, -0.2) is 0 Å². The van der Waals surface area contributed by atoms with E-state index in [1.54, 1.807) is 0 Å².